The van der Waals surface area contributed by atoms with Gasteiger partial charge in [0.2, 0.25) is 0 Å². The van der Waals surface area contributed by atoms with Crippen LogP contribution in [0.2, 0.25) is 0 Å². The number of halogens is 1. The number of rotatable bonds is 1. The van der Waals surface area contributed by atoms with Crippen LogP contribution in [0.25, 0.3) is 0 Å². The predicted octanol–water partition coefficient (Wildman–Crippen LogP) is 2.97. The zero-order valence-electron chi connectivity index (χ0n) is 6.80. The van der Waals surface area contributed by atoms with Crippen LogP contribution in [0.4, 0.5) is 5.69 Å². The zero-order valence-corrected chi connectivity index (χ0v) is 8.38. The van der Waals surface area contributed by atoms with Crippen molar-refractivity contribution in [2.75, 3.05) is 0 Å². The Balaban J connectivity index is 3.43. The lowest BCUT2D eigenvalue weighted by molar-refractivity contribution is -0.386. The third-order valence-electron chi connectivity index (χ3n) is 1.69. The van der Waals surface area contributed by atoms with Crippen LogP contribution in [-0.4, -0.2) is 4.92 Å². The van der Waals surface area contributed by atoms with Gasteiger partial charge in [0.15, 0.2) is 0 Å². The van der Waals surface area contributed by atoms with Crippen molar-refractivity contribution >= 4 is 21.6 Å². The van der Waals surface area contributed by atoms with Crippen LogP contribution in [0, 0.1) is 24.0 Å². The Morgan fingerprint density at radius 1 is 1.33 bits per heavy atom. The average Bonchev–Trinajstić information content (AvgIpc) is 1.97. The van der Waals surface area contributed by atoms with Gasteiger partial charge in [0.05, 0.1) is 9.40 Å². The molecule has 0 atom stereocenters. The van der Waals surface area contributed by atoms with Gasteiger partial charge in [-0.25, -0.2) is 0 Å². The molecule has 0 unspecified atom stereocenters. The van der Waals surface area contributed by atoms with Crippen molar-refractivity contribution in [3.05, 3.63) is 37.8 Å². The van der Waals surface area contributed by atoms with Crippen molar-refractivity contribution in [1.82, 2.24) is 0 Å². The lowest BCUT2D eigenvalue weighted by Gasteiger charge is -2.01. The van der Waals surface area contributed by atoms with Gasteiger partial charge >= 0.3 is 0 Å². The monoisotopic (exact) mass is 229 g/mol. The van der Waals surface area contributed by atoms with Crippen molar-refractivity contribution < 1.29 is 4.92 Å². The van der Waals surface area contributed by atoms with Gasteiger partial charge in [-0.2, -0.15) is 0 Å². The summed E-state index contributed by atoms with van der Waals surface area (Å²) in [5, 5.41) is 10.6. The summed E-state index contributed by atoms with van der Waals surface area (Å²) in [6.07, 6.45) is 0. The maximum Gasteiger partial charge on any atom is 0.286 e. The van der Waals surface area contributed by atoms with Crippen molar-refractivity contribution in [1.29, 1.82) is 0 Å². The Bertz CT molecular complexity index is 336. The minimum atomic E-state index is -0.369. The summed E-state index contributed by atoms with van der Waals surface area (Å²) < 4.78 is 0.576. The highest BCUT2D eigenvalue weighted by Gasteiger charge is 2.16. The molecule has 64 valence electrons. The van der Waals surface area contributed by atoms with E-state index in [1.54, 1.807) is 13.0 Å². The Hall–Kier alpha value is -0.900. The number of nitro benzene ring substituents is 1. The second kappa shape index (κ2) is 3.23. The topological polar surface area (TPSA) is 43.1 Å². The molecule has 0 bridgehead atoms. The number of benzene rings is 1. The van der Waals surface area contributed by atoms with Gasteiger partial charge in [0.25, 0.3) is 5.69 Å². The zero-order chi connectivity index (χ0) is 9.30. The van der Waals surface area contributed by atoms with Gasteiger partial charge in [-0.15, -0.1) is 0 Å². The first-order valence-corrected chi connectivity index (χ1v) is 4.23. The van der Waals surface area contributed by atoms with Crippen LogP contribution in [0.3, 0.4) is 0 Å². The number of aryl methyl sites for hydroxylation is 2. The maximum absolute atomic E-state index is 10.6. The predicted molar refractivity (Wildman–Crippen MR) is 50.3 cm³/mol. The first kappa shape index (κ1) is 9.19. The lowest BCUT2D eigenvalue weighted by atomic mass is 10.1. The van der Waals surface area contributed by atoms with E-state index >= 15 is 0 Å². The van der Waals surface area contributed by atoms with E-state index in [9.17, 15) is 10.1 Å². The third kappa shape index (κ3) is 1.48. The molecule has 3 nitrogen and oxygen atoms in total. The number of nitrogens with zero attached hydrogens (tertiary/aromatic N) is 1. The lowest BCUT2D eigenvalue weighted by Crippen LogP contribution is -1.94. The summed E-state index contributed by atoms with van der Waals surface area (Å²) in [6, 6.07) is 3.60. The van der Waals surface area contributed by atoms with E-state index in [4.69, 9.17) is 0 Å². The first-order chi connectivity index (χ1) is 5.54. The highest BCUT2D eigenvalue weighted by Crippen LogP contribution is 2.30. The van der Waals surface area contributed by atoms with Crippen molar-refractivity contribution in [2.45, 2.75) is 13.8 Å². The van der Waals surface area contributed by atoms with Crippen LogP contribution >= 0.6 is 15.9 Å². The van der Waals surface area contributed by atoms with E-state index in [0.717, 1.165) is 5.56 Å². The van der Waals surface area contributed by atoms with E-state index in [-0.39, 0.29) is 10.6 Å². The standard InChI is InChI=1S/C8H8BrNO2/c1-5-3-4-6(2)8(7(5)9)10(11)12/h3-4H,1-2H3. The van der Waals surface area contributed by atoms with E-state index in [0.29, 0.717) is 10.0 Å². The fraction of sp³-hybridized carbons (Fsp3) is 0.250. The van der Waals surface area contributed by atoms with Crippen molar-refractivity contribution in [2.24, 2.45) is 0 Å². The molecule has 0 amide bonds. The molecule has 1 aromatic carbocycles. The first-order valence-electron chi connectivity index (χ1n) is 3.44. The highest BCUT2D eigenvalue weighted by molar-refractivity contribution is 9.10. The van der Waals surface area contributed by atoms with Crippen LogP contribution in [0.5, 0.6) is 0 Å². The third-order valence-corrected chi connectivity index (χ3v) is 2.69. The molecule has 0 fully saturated rings. The van der Waals surface area contributed by atoms with E-state index in [2.05, 4.69) is 15.9 Å². The van der Waals surface area contributed by atoms with Crippen LogP contribution in [0.15, 0.2) is 16.6 Å². The number of hydrogen-bond acceptors (Lipinski definition) is 2. The van der Waals surface area contributed by atoms with Crippen molar-refractivity contribution in [3.8, 4) is 0 Å². The molecule has 0 saturated heterocycles. The summed E-state index contributed by atoms with van der Waals surface area (Å²) in [4.78, 5) is 10.2. The van der Waals surface area contributed by atoms with E-state index in [1.165, 1.54) is 0 Å². The average molecular weight is 230 g/mol. The van der Waals surface area contributed by atoms with E-state index < -0.39 is 0 Å². The van der Waals surface area contributed by atoms with E-state index in [1.807, 2.05) is 13.0 Å². The molecule has 1 aromatic rings. The molecule has 0 aliphatic carbocycles. The molecule has 0 radical (unpaired) electrons. The minimum Gasteiger partial charge on any atom is -0.258 e. The van der Waals surface area contributed by atoms with Gasteiger partial charge in [-0.3, -0.25) is 10.1 Å². The second-order valence-corrected chi connectivity index (χ2v) is 3.41. The van der Waals surface area contributed by atoms with Crippen LogP contribution < -0.4 is 0 Å². The SMILES string of the molecule is Cc1ccc(C)c([N+](=O)[O-])c1Br. The molecular weight excluding hydrogens is 222 g/mol. The summed E-state index contributed by atoms with van der Waals surface area (Å²) in [6.45, 7) is 3.55. The fourth-order valence-electron chi connectivity index (χ4n) is 0.986. The number of nitro groups is 1. The summed E-state index contributed by atoms with van der Waals surface area (Å²) in [5.74, 6) is 0. The molecule has 0 heterocycles. The quantitative estimate of drug-likeness (QED) is 0.549. The summed E-state index contributed by atoms with van der Waals surface area (Å²) in [7, 11) is 0. The Morgan fingerprint density at radius 3 is 2.25 bits per heavy atom. The normalized spacial score (nSPS) is 9.92. The molecule has 12 heavy (non-hydrogen) atoms. The highest BCUT2D eigenvalue weighted by atomic mass is 79.9. The molecular formula is C8H8BrNO2. The Kier molecular flexibility index (Phi) is 2.47. The molecule has 0 spiro atoms. The molecule has 1 rings (SSSR count). The molecule has 0 aromatic heterocycles. The van der Waals surface area contributed by atoms with Gasteiger partial charge in [-0.05, 0) is 35.3 Å². The molecule has 0 aliphatic rings. The van der Waals surface area contributed by atoms with Gasteiger partial charge in [0.1, 0.15) is 0 Å². The van der Waals surface area contributed by atoms with Gasteiger partial charge in [-0.1, -0.05) is 12.1 Å². The Labute approximate surface area is 78.7 Å². The molecule has 4 heteroatoms. The Morgan fingerprint density at radius 2 is 1.83 bits per heavy atom. The molecule has 0 aliphatic heterocycles. The number of hydrogen-bond donors (Lipinski definition) is 0. The summed E-state index contributed by atoms with van der Waals surface area (Å²) >= 11 is 3.19. The van der Waals surface area contributed by atoms with Crippen LogP contribution in [0.1, 0.15) is 11.1 Å². The van der Waals surface area contributed by atoms with Crippen LogP contribution in [-0.2, 0) is 0 Å². The van der Waals surface area contributed by atoms with Gasteiger partial charge in [0, 0.05) is 5.56 Å². The largest absolute Gasteiger partial charge is 0.286 e. The smallest absolute Gasteiger partial charge is 0.258 e. The fourth-order valence-corrected chi connectivity index (χ4v) is 1.58. The summed E-state index contributed by atoms with van der Waals surface area (Å²) in [5.41, 5.74) is 1.72. The second-order valence-electron chi connectivity index (χ2n) is 2.62. The maximum atomic E-state index is 10.6. The van der Waals surface area contributed by atoms with Gasteiger partial charge < -0.3 is 0 Å². The molecule has 0 saturated carbocycles. The molecule has 0 N–H and O–H groups in total. The minimum absolute atomic E-state index is 0.162. The van der Waals surface area contributed by atoms with Crippen molar-refractivity contribution in [3.63, 3.8) is 0 Å².